The summed E-state index contributed by atoms with van der Waals surface area (Å²) < 4.78 is 0. The molecule has 1 aliphatic rings. The van der Waals surface area contributed by atoms with E-state index in [4.69, 9.17) is 0 Å². The van der Waals surface area contributed by atoms with Gasteiger partial charge in [-0.2, -0.15) is 0 Å². The van der Waals surface area contributed by atoms with Gasteiger partial charge in [-0.05, 0) is 18.9 Å². The molecule has 0 aliphatic carbocycles. The zero-order chi connectivity index (χ0) is 13.8. The molecule has 0 spiro atoms. The van der Waals surface area contributed by atoms with Gasteiger partial charge in [-0.15, -0.1) is 0 Å². The van der Waals surface area contributed by atoms with Crippen LogP contribution in [0.5, 0.6) is 0 Å². The maximum absolute atomic E-state index is 12.1. The number of amides is 2. The number of nitrogens with zero attached hydrogens (tertiary/aromatic N) is 2. The predicted molar refractivity (Wildman–Crippen MR) is 77.2 cm³/mol. The maximum atomic E-state index is 12.1. The number of rotatable bonds is 2. The van der Waals surface area contributed by atoms with Crippen molar-refractivity contribution < 1.29 is 4.79 Å². The van der Waals surface area contributed by atoms with Crippen molar-refractivity contribution >= 4 is 6.03 Å². The van der Waals surface area contributed by atoms with Gasteiger partial charge in [0.15, 0.2) is 0 Å². The number of piperazine rings is 1. The van der Waals surface area contributed by atoms with Crippen molar-refractivity contribution in [2.75, 3.05) is 27.2 Å². The first-order valence-electron chi connectivity index (χ1n) is 6.83. The quantitative estimate of drug-likeness (QED) is 0.877. The van der Waals surface area contributed by atoms with Gasteiger partial charge < -0.3 is 15.1 Å². The van der Waals surface area contributed by atoms with E-state index >= 15 is 0 Å². The lowest BCUT2D eigenvalue weighted by molar-refractivity contribution is 0.125. The molecule has 104 valence electrons. The molecule has 2 amide bonds. The Bertz CT molecular complexity index is 419. The number of carbonyl (C=O) groups is 1. The smallest absolute Gasteiger partial charge is 0.319 e. The van der Waals surface area contributed by atoms with Crippen LogP contribution in [0.15, 0.2) is 30.3 Å². The number of hydrogen-bond donors (Lipinski definition) is 1. The number of nitrogens with one attached hydrogen (secondary N) is 1. The highest BCUT2D eigenvalue weighted by Crippen LogP contribution is 2.12. The van der Waals surface area contributed by atoms with Gasteiger partial charge in [0.1, 0.15) is 0 Å². The van der Waals surface area contributed by atoms with Crippen LogP contribution in [0.25, 0.3) is 0 Å². The molecule has 19 heavy (non-hydrogen) atoms. The molecule has 0 aromatic heterocycles. The molecule has 2 unspecified atom stereocenters. The van der Waals surface area contributed by atoms with Crippen LogP contribution in [-0.2, 0) is 6.42 Å². The summed E-state index contributed by atoms with van der Waals surface area (Å²) in [4.78, 5) is 15.7. The van der Waals surface area contributed by atoms with Gasteiger partial charge in [0.05, 0.1) is 0 Å². The zero-order valence-electron chi connectivity index (χ0n) is 12.0. The Morgan fingerprint density at radius 2 is 2.05 bits per heavy atom. The highest BCUT2D eigenvalue weighted by Gasteiger charge is 2.29. The molecule has 4 heteroatoms. The fraction of sp³-hybridized carbons (Fsp3) is 0.533. The van der Waals surface area contributed by atoms with E-state index in [0.29, 0.717) is 6.04 Å². The predicted octanol–water partition coefficient (Wildman–Crippen LogP) is 1.57. The summed E-state index contributed by atoms with van der Waals surface area (Å²) in [7, 11) is 3.62. The third-order valence-corrected chi connectivity index (χ3v) is 3.60. The Morgan fingerprint density at radius 3 is 2.68 bits per heavy atom. The van der Waals surface area contributed by atoms with E-state index in [0.717, 1.165) is 19.5 Å². The Labute approximate surface area is 115 Å². The molecule has 1 aromatic rings. The molecule has 1 saturated heterocycles. The maximum Gasteiger partial charge on any atom is 0.319 e. The van der Waals surface area contributed by atoms with Gasteiger partial charge in [-0.1, -0.05) is 30.3 Å². The van der Waals surface area contributed by atoms with E-state index in [1.54, 1.807) is 4.90 Å². The summed E-state index contributed by atoms with van der Waals surface area (Å²) in [6.07, 6.45) is 0.963. The third-order valence-electron chi connectivity index (χ3n) is 3.60. The van der Waals surface area contributed by atoms with Crippen molar-refractivity contribution in [3.63, 3.8) is 0 Å². The summed E-state index contributed by atoms with van der Waals surface area (Å²) in [5.41, 5.74) is 1.31. The van der Waals surface area contributed by atoms with Crippen molar-refractivity contribution in [3.05, 3.63) is 35.9 Å². The Balaban J connectivity index is 1.99. The fourth-order valence-corrected chi connectivity index (χ4v) is 2.49. The van der Waals surface area contributed by atoms with Crippen LogP contribution < -0.4 is 5.32 Å². The molecule has 1 fully saturated rings. The van der Waals surface area contributed by atoms with Crippen LogP contribution >= 0.6 is 0 Å². The largest absolute Gasteiger partial charge is 0.331 e. The first-order chi connectivity index (χ1) is 9.08. The lowest BCUT2D eigenvalue weighted by atomic mass is 10.0. The average molecular weight is 261 g/mol. The average Bonchev–Trinajstić information content (AvgIpc) is 2.41. The van der Waals surface area contributed by atoms with E-state index < -0.39 is 0 Å². The van der Waals surface area contributed by atoms with Crippen molar-refractivity contribution in [1.82, 2.24) is 15.1 Å². The standard InChI is InChI=1S/C15H23N3O/c1-12-10-16-14(9-13-7-5-4-6-8-13)11-18(12)15(19)17(2)3/h4-8,12,14,16H,9-11H2,1-3H3. The number of urea groups is 1. The van der Waals surface area contributed by atoms with E-state index in [9.17, 15) is 4.79 Å². The lowest BCUT2D eigenvalue weighted by Gasteiger charge is -2.40. The first kappa shape index (κ1) is 13.9. The highest BCUT2D eigenvalue weighted by molar-refractivity contribution is 5.74. The molecule has 0 radical (unpaired) electrons. The van der Waals surface area contributed by atoms with Gasteiger partial charge >= 0.3 is 6.03 Å². The summed E-state index contributed by atoms with van der Waals surface area (Å²) in [6, 6.07) is 11.1. The normalized spacial score (nSPS) is 23.2. The van der Waals surface area contributed by atoms with Gasteiger partial charge in [-0.25, -0.2) is 4.79 Å². The fourth-order valence-electron chi connectivity index (χ4n) is 2.49. The van der Waals surface area contributed by atoms with Gasteiger partial charge in [0.2, 0.25) is 0 Å². The highest BCUT2D eigenvalue weighted by atomic mass is 16.2. The number of benzene rings is 1. The molecular weight excluding hydrogens is 238 g/mol. The monoisotopic (exact) mass is 261 g/mol. The topological polar surface area (TPSA) is 35.6 Å². The molecule has 2 rings (SSSR count). The van der Waals surface area contributed by atoms with Crippen molar-refractivity contribution in [1.29, 1.82) is 0 Å². The van der Waals surface area contributed by atoms with Gasteiger partial charge in [0.25, 0.3) is 0 Å². The SMILES string of the molecule is CC1CNC(Cc2ccccc2)CN1C(=O)N(C)C. The van der Waals surface area contributed by atoms with Gasteiger partial charge in [0, 0.05) is 39.3 Å². The van der Waals surface area contributed by atoms with E-state index in [2.05, 4.69) is 36.5 Å². The van der Waals surface area contributed by atoms with E-state index in [-0.39, 0.29) is 12.1 Å². The third kappa shape index (κ3) is 3.47. The van der Waals surface area contributed by atoms with Crippen LogP contribution in [0.4, 0.5) is 4.79 Å². The second-order valence-electron chi connectivity index (χ2n) is 5.47. The molecule has 0 bridgehead atoms. The second kappa shape index (κ2) is 6.06. The Hall–Kier alpha value is -1.55. The van der Waals surface area contributed by atoms with Crippen LogP contribution in [-0.4, -0.2) is 55.1 Å². The molecule has 2 atom stereocenters. The lowest BCUT2D eigenvalue weighted by Crippen LogP contribution is -2.59. The van der Waals surface area contributed by atoms with Crippen LogP contribution in [0.2, 0.25) is 0 Å². The minimum absolute atomic E-state index is 0.104. The number of carbonyl (C=O) groups excluding carboxylic acids is 1. The molecule has 1 aliphatic heterocycles. The Kier molecular flexibility index (Phi) is 4.43. The molecule has 0 saturated carbocycles. The van der Waals surface area contributed by atoms with Crippen LogP contribution in [0, 0.1) is 0 Å². The zero-order valence-corrected chi connectivity index (χ0v) is 12.0. The summed E-state index contributed by atoms with van der Waals surface area (Å²) >= 11 is 0. The van der Waals surface area contributed by atoms with Crippen LogP contribution in [0.3, 0.4) is 0 Å². The van der Waals surface area contributed by atoms with Crippen molar-refractivity contribution in [3.8, 4) is 0 Å². The van der Waals surface area contributed by atoms with E-state index in [1.165, 1.54) is 5.56 Å². The van der Waals surface area contributed by atoms with Crippen LogP contribution in [0.1, 0.15) is 12.5 Å². The minimum atomic E-state index is 0.104. The van der Waals surface area contributed by atoms with Gasteiger partial charge in [-0.3, -0.25) is 0 Å². The van der Waals surface area contributed by atoms with Crippen molar-refractivity contribution in [2.24, 2.45) is 0 Å². The summed E-state index contributed by atoms with van der Waals surface area (Å²) in [5, 5.41) is 3.53. The number of hydrogen-bond acceptors (Lipinski definition) is 2. The van der Waals surface area contributed by atoms with E-state index in [1.807, 2.05) is 25.1 Å². The molecule has 1 aromatic carbocycles. The molecule has 4 nitrogen and oxygen atoms in total. The summed E-state index contributed by atoms with van der Waals surface area (Å²) in [6.45, 7) is 3.72. The Morgan fingerprint density at radius 1 is 1.37 bits per heavy atom. The molecule has 1 heterocycles. The molecular formula is C15H23N3O. The summed E-state index contributed by atoms with van der Waals surface area (Å²) in [5.74, 6) is 0. The molecule has 1 N–H and O–H groups in total. The second-order valence-corrected chi connectivity index (χ2v) is 5.47. The minimum Gasteiger partial charge on any atom is -0.331 e. The van der Waals surface area contributed by atoms with Crippen molar-refractivity contribution in [2.45, 2.75) is 25.4 Å². The first-order valence-corrected chi connectivity index (χ1v) is 6.83.